The van der Waals surface area contributed by atoms with Crippen molar-refractivity contribution in [3.63, 3.8) is 0 Å². The standard InChI is InChI=1S/C13H24BrNO/c1-9(14)8-10(2)15-12(16)11-6-5-7-13(11,3)4/h9-11H,5-8H2,1-4H3,(H,15,16). The molecule has 0 aromatic heterocycles. The fourth-order valence-electron chi connectivity index (χ4n) is 2.70. The van der Waals surface area contributed by atoms with Crippen LogP contribution in [0.2, 0.25) is 0 Å². The van der Waals surface area contributed by atoms with Gasteiger partial charge < -0.3 is 5.32 Å². The molecule has 1 N–H and O–H groups in total. The first kappa shape index (κ1) is 14.0. The van der Waals surface area contributed by atoms with Crippen LogP contribution in [-0.4, -0.2) is 16.8 Å². The van der Waals surface area contributed by atoms with Crippen molar-refractivity contribution in [3.8, 4) is 0 Å². The molecule has 0 saturated heterocycles. The van der Waals surface area contributed by atoms with Gasteiger partial charge in [-0.25, -0.2) is 0 Å². The molecule has 1 fully saturated rings. The second kappa shape index (κ2) is 5.52. The molecule has 0 aromatic rings. The molecule has 0 bridgehead atoms. The van der Waals surface area contributed by atoms with Gasteiger partial charge in [-0.2, -0.15) is 0 Å². The Morgan fingerprint density at radius 3 is 2.56 bits per heavy atom. The van der Waals surface area contributed by atoms with E-state index in [4.69, 9.17) is 0 Å². The van der Waals surface area contributed by atoms with Gasteiger partial charge in [-0.1, -0.05) is 43.1 Å². The Bertz CT molecular complexity index is 250. The zero-order chi connectivity index (χ0) is 12.3. The van der Waals surface area contributed by atoms with Crippen LogP contribution in [0.25, 0.3) is 0 Å². The Hall–Kier alpha value is -0.0500. The normalized spacial score (nSPS) is 27.4. The molecule has 1 saturated carbocycles. The summed E-state index contributed by atoms with van der Waals surface area (Å²) < 4.78 is 0. The zero-order valence-corrected chi connectivity index (χ0v) is 12.4. The molecule has 0 spiro atoms. The number of hydrogen-bond acceptors (Lipinski definition) is 1. The Kier molecular flexibility index (Phi) is 4.84. The fourth-order valence-corrected chi connectivity index (χ4v) is 3.26. The van der Waals surface area contributed by atoms with Gasteiger partial charge in [0.15, 0.2) is 0 Å². The van der Waals surface area contributed by atoms with Crippen LogP contribution in [0.1, 0.15) is 53.4 Å². The van der Waals surface area contributed by atoms with Crippen molar-refractivity contribution < 1.29 is 4.79 Å². The molecular weight excluding hydrogens is 266 g/mol. The van der Waals surface area contributed by atoms with Gasteiger partial charge in [0.1, 0.15) is 0 Å². The van der Waals surface area contributed by atoms with Crippen LogP contribution in [0.15, 0.2) is 0 Å². The highest BCUT2D eigenvalue weighted by Crippen LogP contribution is 2.42. The van der Waals surface area contributed by atoms with Crippen molar-refractivity contribution in [1.82, 2.24) is 5.32 Å². The highest BCUT2D eigenvalue weighted by atomic mass is 79.9. The molecule has 0 aromatic carbocycles. The van der Waals surface area contributed by atoms with Crippen molar-refractivity contribution in [3.05, 3.63) is 0 Å². The average Bonchev–Trinajstić information content (AvgIpc) is 2.43. The fraction of sp³-hybridized carbons (Fsp3) is 0.923. The number of amides is 1. The third-order valence-electron chi connectivity index (χ3n) is 3.64. The van der Waals surface area contributed by atoms with E-state index in [1.165, 1.54) is 12.8 Å². The van der Waals surface area contributed by atoms with Crippen molar-refractivity contribution in [2.24, 2.45) is 11.3 Å². The Morgan fingerprint density at radius 2 is 2.12 bits per heavy atom. The van der Waals surface area contributed by atoms with Gasteiger partial charge in [-0.3, -0.25) is 4.79 Å². The first-order valence-electron chi connectivity index (χ1n) is 6.27. The summed E-state index contributed by atoms with van der Waals surface area (Å²) in [6, 6.07) is 0.262. The summed E-state index contributed by atoms with van der Waals surface area (Å²) in [5, 5.41) is 3.14. The number of halogens is 1. The molecule has 3 heteroatoms. The van der Waals surface area contributed by atoms with Gasteiger partial charge in [0, 0.05) is 16.8 Å². The number of alkyl halides is 1. The second-order valence-electron chi connectivity index (χ2n) is 5.86. The van der Waals surface area contributed by atoms with Gasteiger partial charge in [0.2, 0.25) is 5.91 Å². The predicted molar refractivity (Wildman–Crippen MR) is 71.7 cm³/mol. The summed E-state index contributed by atoms with van der Waals surface area (Å²) in [5.41, 5.74) is 0.184. The smallest absolute Gasteiger partial charge is 0.223 e. The van der Waals surface area contributed by atoms with E-state index >= 15 is 0 Å². The molecule has 3 atom stereocenters. The van der Waals surface area contributed by atoms with Crippen LogP contribution >= 0.6 is 15.9 Å². The Balaban J connectivity index is 2.46. The molecule has 0 heterocycles. The third kappa shape index (κ3) is 3.76. The summed E-state index contributed by atoms with van der Waals surface area (Å²) in [7, 11) is 0. The minimum atomic E-state index is 0.184. The van der Waals surface area contributed by atoms with Gasteiger partial charge in [-0.15, -0.1) is 0 Å². The van der Waals surface area contributed by atoms with E-state index in [0.717, 1.165) is 12.8 Å². The monoisotopic (exact) mass is 289 g/mol. The second-order valence-corrected chi connectivity index (χ2v) is 7.42. The molecule has 0 aliphatic heterocycles. The van der Waals surface area contributed by atoms with Gasteiger partial charge in [0.25, 0.3) is 0 Å². The molecule has 0 radical (unpaired) electrons. The van der Waals surface area contributed by atoms with Crippen molar-refractivity contribution in [2.75, 3.05) is 0 Å². The van der Waals surface area contributed by atoms with E-state index < -0.39 is 0 Å². The minimum Gasteiger partial charge on any atom is -0.353 e. The molecule has 2 nitrogen and oxygen atoms in total. The number of rotatable bonds is 4. The van der Waals surface area contributed by atoms with E-state index in [1.54, 1.807) is 0 Å². The molecule has 1 rings (SSSR count). The van der Waals surface area contributed by atoms with Crippen LogP contribution < -0.4 is 5.32 Å². The molecule has 1 amide bonds. The Labute approximate surface area is 108 Å². The number of carbonyl (C=O) groups is 1. The maximum atomic E-state index is 12.1. The SMILES string of the molecule is CC(Br)CC(C)NC(=O)C1CCCC1(C)C. The molecule has 94 valence electrons. The quantitative estimate of drug-likeness (QED) is 0.789. The van der Waals surface area contributed by atoms with Crippen LogP contribution in [0.4, 0.5) is 0 Å². The maximum absolute atomic E-state index is 12.1. The van der Waals surface area contributed by atoms with Crippen molar-refractivity contribution >= 4 is 21.8 Å². The van der Waals surface area contributed by atoms with E-state index in [1.807, 2.05) is 0 Å². The number of hydrogen-bond donors (Lipinski definition) is 1. The highest BCUT2D eigenvalue weighted by Gasteiger charge is 2.39. The van der Waals surface area contributed by atoms with Gasteiger partial charge in [-0.05, 0) is 31.6 Å². The third-order valence-corrected chi connectivity index (χ3v) is 4.01. The molecular formula is C13H24BrNO. The number of nitrogens with one attached hydrogen (secondary N) is 1. The topological polar surface area (TPSA) is 29.1 Å². The molecule has 1 aliphatic carbocycles. The number of carbonyl (C=O) groups excluding carboxylic acids is 1. The van der Waals surface area contributed by atoms with Gasteiger partial charge >= 0.3 is 0 Å². The van der Waals surface area contributed by atoms with E-state index in [9.17, 15) is 4.79 Å². The first-order valence-corrected chi connectivity index (χ1v) is 7.19. The largest absolute Gasteiger partial charge is 0.353 e. The minimum absolute atomic E-state index is 0.184. The molecule has 16 heavy (non-hydrogen) atoms. The summed E-state index contributed by atoms with van der Waals surface area (Å²) in [5.74, 6) is 0.462. The average molecular weight is 290 g/mol. The lowest BCUT2D eigenvalue weighted by molar-refractivity contribution is -0.128. The molecule has 1 aliphatic rings. The van der Waals surface area contributed by atoms with Crippen molar-refractivity contribution in [2.45, 2.75) is 64.2 Å². The predicted octanol–water partition coefficient (Wildman–Crippen LogP) is 3.49. The summed E-state index contributed by atoms with van der Waals surface area (Å²) in [6.45, 7) is 8.61. The summed E-state index contributed by atoms with van der Waals surface area (Å²) in [4.78, 5) is 12.6. The van der Waals surface area contributed by atoms with E-state index in [2.05, 4.69) is 48.9 Å². The van der Waals surface area contributed by atoms with E-state index in [-0.39, 0.29) is 23.3 Å². The summed E-state index contributed by atoms with van der Waals surface area (Å²) in [6.07, 6.45) is 4.40. The lowest BCUT2D eigenvalue weighted by Gasteiger charge is -2.27. The first-order chi connectivity index (χ1) is 7.33. The van der Waals surface area contributed by atoms with Crippen LogP contribution in [0, 0.1) is 11.3 Å². The maximum Gasteiger partial charge on any atom is 0.223 e. The van der Waals surface area contributed by atoms with Crippen molar-refractivity contribution in [1.29, 1.82) is 0 Å². The van der Waals surface area contributed by atoms with Gasteiger partial charge in [0.05, 0.1) is 0 Å². The van der Waals surface area contributed by atoms with Crippen LogP contribution in [-0.2, 0) is 4.79 Å². The Morgan fingerprint density at radius 1 is 1.50 bits per heavy atom. The zero-order valence-electron chi connectivity index (χ0n) is 10.8. The van der Waals surface area contributed by atoms with E-state index in [0.29, 0.717) is 4.83 Å². The highest BCUT2D eigenvalue weighted by molar-refractivity contribution is 9.09. The van der Waals surface area contributed by atoms with Crippen LogP contribution in [0.3, 0.4) is 0 Å². The molecule has 3 unspecified atom stereocenters. The lowest BCUT2D eigenvalue weighted by atomic mass is 9.81. The van der Waals surface area contributed by atoms with Crippen LogP contribution in [0.5, 0.6) is 0 Å². The lowest BCUT2D eigenvalue weighted by Crippen LogP contribution is -2.41. The summed E-state index contributed by atoms with van der Waals surface area (Å²) >= 11 is 3.52.